The molecule has 1 aromatic heterocycles. The largest absolute Gasteiger partial charge is 0.489 e. The fourth-order valence-electron chi connectivity index (χ4n) is 3.88. The zero-order chi connectivity index (χ0) is 29.3. The number of nitrogens with one attached hydrogen (secondary N) is 2. The molecule has 0 fully saturated rings. The molecule has 0 saturated heterocycles. The molecular weight excluding hydrogens is 548 g/mol. The van der Waals surface area contributed by atoms with Crippen LogP contribution in [0.2, 0.25) is 0 Å². The van der Waals surface area contributed by atoms with E-state index >= 15 is 0 Å². The minimum absolute atomic E-state index is 0.0187. The Bertz CT molecular complexity index is 1330. The smallest absolute Gasteiger partial charge is 0.329 e. The van der Waals surface area contributed by atoms with Crippen molar-refractivity contribution in [3.05, 3.63) is 83.2 Å². The van der Waals surface area contributed by atoms with Crippen molar-refractivity contribution >= 4 is 33.2 Å². The Balaban J connectivity index is 1.75. The van der Waals surface area contributed by atoms with E-state index in [2.05, 4.69) is 10.0 Å². The van der Waals surface area contributed by atoms with Crippen LogP contribution in [0.15, 0.2) is 76.3 Å². The highest BCUT2D eigenvalue weighted by Gasteiger charge is 2.32. The number of esters is 1. The zero-order valence-electron chi connectivity index (χ0n) is 23.5. The zero-order valence-corrected chi connectivity index (χ0v) is 25.2. The van der Waals surface area contributed by atoms with Crippen LogP contribution in [0.3, 0.4) is 0 Å². The molecule has 0 radical (unpaired) electrons. The van der Waals surface area contributed by atoms with Gasteiger partial charge in [0.25, 0.3) is 10.0 Å². The van der Waals surface area contributed by atoms with Gasteiger partial charge in [0.05, 0.1) is 0 Å². The fraction of sp³-hybridized carbons (Fsp3) is 0.400. The standard InChI is InChI=1S/C30H38N2O6S2/c1-21(2)18-25(32-40(35,36)27-12-9-17-39-27)28(33)31-26(29(34)38-30(3,4)5)19-22-13-15-24(16-14-22)37-20-23-10-7-6-8-11-23/h6-17,21,25-26,32H,18-20H2,1-5H3,(H,31,33)/t25-,26-/m0/s1. The number of ether oxygens (including phenoxy) is 2. The maximum absolute atomic E-state index is 13.4. The highest BCUT2D eigenvalue weighted by atomic mass is 32.2. The summed E-state index contributed by atoms with van der Waals surface area (Å²) in [5.41, 5.74) is 1.06. The molecule has 0 aliphatic heterocycles. The van der Waals surface area contributed by atoms with Crippen LogP contribution in [-0.2, 0) is 37.4 Å². The summed E-state index contributed by atoms with van der Waals surface area (Å²) in [7, 11) is -3.90. The minimum atomic E-state index is -3.90. The Hall–Kier alpha value is -3.21. The van der Waals surface area contributed by atoms with Crippen LogP contribution < -0.4 is 14.8 Å². The molecule has 2 N–H and O–H groups in total. The Morgan fingerprint density at radius 2 is 1.57 bits per heavy atom. The molecule has 0 saturated carbocycles. The first-order valence-corrected chi connectivity index (χ1v) is 15.5. The van der Waals surface area contributed by atoms with Gasteiger partial charge in [0, 0.05) is 6.42 Å². The predicted molar refractivity (Wildman–Crippen MR) is 157 cm³/mol. The van der Waals surface area contributed by atoms with Crippen molar-refractivity contribution in [2.24, 2.45) is 5.92 Å². The molecule has 1 amide bonds. The van der Waals surface area contributed by atoms with Gasteiger partial charge in [-0.25, -0.2) is 13.2 Å². The van der Waals surface area contributed by atoms with Crippen molar-refractivity contribution in [1.82, 2.24) is 10.0 Å². The van der Waals surface area contributed by atoms with Crippen molar-refractivity contribution in [1.29, 1.82) is 0 Å². The Morgan fingerprint density at radius 3 is 2.15 bits per heavy atom. The molecule has 2 aromatic carbocycles. The molecular formula is C30H38N2O6S2. The number of carbonyl (C=O) groups is 2. The Kier molecular flexibility index (Phi) is 10.9. The normalized spacial score (nSPS) is 13.4. The molecule has 40 heavy (non-hydrogen) atoms. The summed E-state index contributed by atoms with van der Waals surface area (Å²) >= 11 is 1.07. The molecule has 3 rings (SSSR count). The van der Waals surface area contributed by atoms with Crippen LogP contribution in [0, 0.1) is 5.92 Å². The van der Waals surface area contributed by atoms with Crippen molar-refractivity contribution < 1.29 is 27.5 Å². The minimum Gasteiger partial charge on any atom is -0.489 e. The average Bonchev–Trinajstić information content (AvgIpc) is 3.43. The van der Waals surface area contributed by atoms with E-state index in [1.54, 1.807) is 32.2 Å². The van der Waals surface area contributed by atoms with Gasteiger partial charge >= 0.3 is 5.97 Å². The van der Waals surface area contributed by atoms with Crippen LogP contribution in [0.1, 0.15) is 52.2 Å². The number of hydrogen-bond acceptors (Lipinski definition) is 7. The van der Waals surface area contributed by atoms with E-state index in [1.165, 1.54) is 6.07 Å². The van der Waals surface area contributed by atoms with Crippen molar-refractivity contribution in [3.63, 3.8) is 0 Å². The number of carbonyl (C=O) groups excluding carboxylic acids is 2. The maximum Gasteiger partial charge on any atom is 0.329 e. The lowest BCUT2D eigenvalue weighted by atomic mass is 10.0. The summed E-state index contributed by atoms with van der Waals surface area (Å²) in [5, 5.41) is 4.41. The fourth-order valence-corrected chi connectivity index (χ4v) is 6.10. The summed E-state index contributed by atoms with van der Waals surface area (Å²) in [5.74, 6) is -0.502. The van der Waals surface area contributed by atoms with Gasteiger partial charge in [-0.05, 0) is 67.8 Å². The summed E-state index contributed by atoms with van der Waals surface area (Å²) in [4.78, 5) is 26.6. The monoisotopic (exact) mass is 586 g/mol. The highest BCUT2D eigenvalue weighted by molar-refractivity contribution is 7.91. The molecule has 0 spiro atoms. The van der Waals surface area contributed by atoms with Crippen LogP contribution >= 0.6 is 11.3 Å². The second-order valence-corrected chi connectivity index (χ2v) is 13.8. The molecule has 10 heteroatoms. The van der Waals surface area contributed by atoms with Crippen molar-refractivity contribution in [3.8, 4) is 5.75 Å². The third-order valence-electron chi connectivity index (χ3n) is 5.70. The van der Waals surface area contributed by atoms with Gasteiger partial charge in [-0.2, -0.15) is 4.72 Å². The first-order chi connectivity index (χ1) is 18.8. The predicted octanol–water partition coefficient (Wildman–Crippen LogP) is 5.09. The molecule has 1 heterocycles. The molecule has 216 valence electrons. The van der Waals surface area contributed by atoms with Crippen LogP contribution in [0.5, 0.6) is 5.75 Å². The molecule has 0 bridgehead atoms. The van der Waals surface area contributed by atoms with Gasteiger partial charge in [-0.3, -0.25) is 4.79 Å². The molecule has 3 aromatic rings. The number of amides is 1. The van der Waals surface area contributed by atoms with Crippen LogP contribution in [-0.4, -0.2) is 38.0 Å². The second-order valence-electron chi connectivity index (χ2n) is 11.0. The Labute approximate surface area is 241 Å². The van der Waals surface area contributed by atoms with Gasteiger partial charge in [0.15, 0.2) is 0 Å². The maximum atomic E-state index is 13.4. The van der Waals surface area contributed by atoms with Crippen LogP contribution in [0.25, 0.3) is 0 Å². The second kappa shape index (κ2) is 13.9. The van der Waals surface area contributed by atoms with E-state index in [0.717, 1.165) is 22.5 Å². The molecule has 0 aliphatic carbocycles. The first-order valence-electron chi connectivity index (χ1n) is 13.2. The third-order valence-corrected chi connectivity index (χ3v) is 8.57. The van der Waals surface area contributed by atoms with Gasteiger partial charge < -0.3 is 14.8 Å². The quantitative estimate of drug-likeness (QED) is 0.270. The number of sulfonamides is 1. The number of benzene rings is 2. The number of hydrogen-bond donors (Lipinski definition) is 2. The average molecular weight is 587 g/mol. The van der Waals surface area contributed by atoms with Crippen LogP contribution in [0.4, 0.5) is 0 Å². The van der Waals surface area contributed by atoms with Gasteiger partial charge in [-0.1, -0.05) is 62.4 Å². The number of rotatable bonds is 13. The van der Waals surface area contributed by atoms with E-state index < -0.39 is 39.6 Å². The van der Waals surface area contributed by atoms with E-state index in [1.807, 2.05) is 68.4 Å². The highest BCUT2D eigenvalue weighted by Crippen LogP contribution is 2.19. The summed E-state index contributed by atoms with van der Waals surface area (Å²) in [6.45, 7) is 9.46. The third kappa shape index (κ3) is 10.1. The molecule has 8 nitrogen and oxygen atoms in total. The molecule has 0 aliphatic rings. The van der Waals surface area contributed by atoms with E-state index in [0.29, 0.717) is 12.4 Å². The summed E-state index contributed by atoms with van der Waals surface area (Å²) in [6.07, 6.45) is 0.413. The van der Waals surface area contributed by atoms with E-state index in [-0.39, 0.29) is 23.0 Å². The summed E-state index contributed by atoms with van der Waals surface area (Å²) < 4.78 is 39.8. The molecule has 2 atom stereocenters. The lowest BCUT2D eigenvalue weighted by molar-refractivity contribution is -0.158. The summed E-state index contributed by atoms with van der Waals surface area (Å²) in [6, 6.07) is 18.1. The first kappa shape index (κ1) is 31.3. The van der Waals surface area contributed by atoms with Crippen molar-refractivity contribution in [2.75, 3.05) is 0 Å². The van der Waals surface area contributed by atoms with Crippen molar-refractivity contribution in [2.45, 2.75) is 76.0 Å². The topological polar surface area (TPSA) is 111 Å². The van der Waals surface area contributed by atoms with E-state index in [4.69, 9.17) is 9.47 Å². The lowest BCUT2D eigenvalue weighted by Crippen LogP contribution is -2.53. The number of thiophene rings is 1. The van der Waals surface area contributed by atoms with Gasteiger partial charge in [-0.15, -0.1) is 11.3 Å². The SMILES string of the molecule is CC(C)C[C@H](NS(=O)(=O)c1cccs1)C(=O)N[C@@H](Cc1ccc(OCc2ccccc2)cc1)C(=O)OC(C)(C)C. The van der Waals surface area contributed by atoms with Gasteiger partial charge in [0.2, 0.25) is 5.91 Å². The van der Waals surface area contributed by atoms with E-state index in [9.17, 15) is 18.0 Å². The molecule has 0 unspecified atom stereocenters. The Morgan fingerprint density at radius 1 is 0.900 bits per heavy atom. The lowest BCUT2D eigenvalue weighted by Gasteiger charge is -2.27. The van der Waals surface area contributed by atoms with Gasteiger partial charge in [0.1, 0.15) is 34.3 Å².